The largest absolute Gasteiger partial charge is 0.378 e. The highest BCUT2D eigenvalue weighted by atomic mass is 16.5. The fourth-order valence-electron chi connectivity index (χ4n) is 1.30. The van der Waals surface area contributed by atoms with E-state index in [0.29, 0.717) is 6.42 Å². The molecule has 0 radical (unpaired) electrons. The molecule has 0 bridgehead atoms. The Hall–Kier alpha value is -1.34. The van der Waals surface area contributed by atoms with Crippen LogP contribution in [0.4, 0.5) is 0 Å². The molecule has 0 aliphatic carbocycles. The molecule has 0 aliphatic heterocycles. The summed E-state index contributed by atoms with van der Waals surface area (Å²) in [6.07, 6.45) is 5.19. The molecule has 14 heavy (non-hydrogen) atoms. The second-order valence-electron chi connectivity index (χ2n) is 2.96. The molecule has 0 saturated carbocycles. The molecular weight excluding hydrogens is 178 g/mol. The van der Waals surface area contributed by atoms with Gasteiger partial charge in [-0.3, -0.25) is 0 Å². The molecule has 1 rings (SSSR count). The fraction of sp³-hybridized carbons (Fsp3) is 0.600. The van der Waals surface area contributed by atoms with Gasteiger partial charge in [0.1, 0.15) is 18.9 Å². The molecule has 4 heteroatoms. The highest BCUT2D eigenvalue weighted by Crippen LogP contribution is 1.92. The molecule has 0 aliphatic rings. The van der Waals surface area contributed by atoms with Crippen molar-refractivity contribution in [1.82, 2.24) is 4.98 Å². The smallest absolute Gasteiger partial charge is 0.255 e. The Morgan fingerprint density at radius 3 is 3.21 bits per heavy atom. The van der Waals surface area contributed by atoms with Gasteiger partial charge in [-0.2, -0.15) is 5.26 Å². The van der Waals surface area contributed by atoms with Crippen molar-refractivity contribution in [3.63, 3.8) is 0 Å². The van der Waals surface area contributed by atoms with E-state index < -0.39 is 0 Å². The lowest BCUT2D eigenvalue weighted by Gasteiger charge is -1.99. The molecular formula is C10H16N3O+. The SMILES string of the molecule is CCOCC[n+]1cc[nH]c1CCC#N. The number of aromatic amines is 1. The number of aryl methyl sites for hydroxylation is 1. The van der Waals surface area contributed by atoms with Crippen LogP contribution in [-0.4, -0.2) is 18.2 Å². The summed E-state index contributed by atoms with van der Waals surface area (Å²) in [4.78, 5) is 3.12. The van der Waals surface area contributed by atoms with E-state index in [2.05, 4.69) is 15.6 Å². The first kappa shape index (κ1) is 10.7. The first-order chi connectivity index (χ1) is 6.88. The van der Waals surface area contributed by atoms with E-state index in [4.69, 9.17) is 10.00 Å². The van der Waals surface area contributed by atoms with E-state index in [1.807, 2.05) is 19.3 Å². The summed E-state index contributed by atoms with van der Waals surface area (Å²) in [5.74, 6) is 1.09. The van der Waals surface area contributed by atoms with Gasteiger partial charge in [-0.05, 0) is 6.92 Å². The number of H-pyrrole nitrogens is 1. The van der Waals surface area contributed by atoms with Crippen molar-refractivity contribution in [1.29, 1.82) is 5.26 Å². The minimum absolute atomic E-state index is 0.551. The minimum atomic E-state index is 0.551. The van der Waals surface area contributed by atoms with Gasteiger partial charge in [0.25, 0.3) is 5.82 Å². The Labute approximate surface area is 84.1 Å². The van der Waals surface area contributed by atoms with Crippen molar-refractivity contribution in [2.24, 2.45) is 0 Å². The van der Waals surface area contributed by atoms with Gasteiger partial charge in [-0.1, -0.05) is 0 Å². The number of nitrogens with one attached hydrogen (secondary N) is 1. The lowest BCUT2D eigenvalue weighted by atomic mass is 10.3. The van der Waals surface area contributed by atoms with Gasteiger partial charge < -0.3 is 4.74 Å². The van der Waals surface area contributed by atoms with E-state index in [9.17, 15) is 0 Å². The van der Waals surface area contributed by atoms with Gasteiger partial charge in [0.05, 0.1) is 19.1 Å². The highest BCUT2D eigenvalue weighted by molar-refractivity contribution is 4.82. The zero-order valence-corrected chi connectivity index (χ0v) is 8.49. The second kappa shape index (κ2) is 6.17. The summed E-state index contributed by atoms with van der Waals surface area (Å²) < 4.78 is 7.36. The lowest BCUT2D eigenvalue weighted by molar-refractivity contribution is -0.704. The van der Waals surface area contributed by atoms with Crippen molar-refractivity contribution in [3.05, 3.63) is 18.2 Å². The number of nitrogens with zero attached hydrogens (tertiary/aromatic N) is 2. The van der Waals surface area contributed by atoms with Crippen LogP contribution in [0.25, 0.3) is 0 Å². The zero-order valence-electron chi connectivity index (χ0n) is 8.49. The van der Waals surface area contributed by atoms with E-state index in [-0.39, 0.29) is 0 Å². The summed E-state index contributed by atoms with van der Waals surface area (Å²) in [5.41, 5.74) is 0. The Morgan fingerprint density at radius 2 is 2.50 bits per heavy atom. The topological polar surface area (TPSA) is 52.7 Å². The Morgan fingerprint density at radius 1 is 1.64 bits per heavy atom. The summed E-state index contributed by atoms with van der Waals surface area (Å²) in [5, 5.41) is 8.47. The normalized spacial score (nSPS) is 10.0. The molecule has 1 aromatic rings. The van der Waals surface area contributed by atoms with E-state index >= 15 is 0 Å². The molecule has 0 atom stereocenters. The average Bonchev–Trinajstić information content (AvgIpc) is 2.63. The zero-order chi connectivity index (χ0) is 10.2. The summed E-state index contributed by atoms with van der Waals surface area (Å²) >= 11 is 0. The van der Waals surface area contributed by atoms with Gasteiger partial charge in [-0.15, -0.1) is 0 Å². The van der Waals surface area contributed by atoms with Crippen LogP contribution in [0, 0.1) is 11.3 Å². The van der Waals surface area contributed by atoms with Crippen LogP contribution in [0.15, 0.2) is 12.4 Å². The summed E-state index contributed by atoms with van der Waals surface area (Å²) in [6.45, 7) is 4.30. The average molecular weight is 194 g/mol. The maximum Gasteiger partial charge on any atom is 0.255 e. The Kier molecular flexibility index (Phi) is 4.73. The van der Waals surface area contributed by atoms with Gasteiger partial charge in [-0.25, -0.2) is 9.55 Å². The Bertz CT molecular complexity index is 301. The number of imidazole rings is 1. The minimum Gasteiger partial charge on any atom is -0.378 e. The quantitative estimate of drug-likeness (QED) is 0.538. The lowest BCUT2D eigenvalue weighted by Crippen LogP contribution is -2.38. The molecule has 1 heterocycles. The number of hydrogen-bond donors (Lipinski definition) is 1. The maximum absolute atomic E-state index is 8.47. The number of rotatable bonds is 6. The Balaban J connectivity index is 2.42. The monoisotopic (exact) mass is 194 g/mol. The molecule has 76 valence electrons. The van der Waals surface area contributed by atoms with E-state index in [1.54, 1.807) is 0 Å². The second-order valence-corrected chi connectivity index (χ2v) is 2.96. The van der Waals surface area contributed by atoms with Gasteiger partial charge in [0.2, 0.25) is 0 Å². The predicted molar refractivity (Wildman–Crippen MR) is 51.4 cm³/mol. The summed E-state index contributed by atoms with van der Waals surface area (Å²) in [6, 6.07) is 2.14. The third kappa shape index (κ3) is 3.19. The molecule has 0 spiro atoms. The van der Waals surface area contributed by atoms with Crippen LogP contribution in [0.5, 0.6) is 0 Å². The van der Waals surface area contributed by atoms with Crippen LogP contribution in [0.3, 0.4) is 0 Å². The molecule has 1 N–H and O–H groups in total. The first-order valence-corrected chi connectivity index (χ1v) is 4.89. The molecule has 0 saturated heterocycles. The molecule has 0 aromatic carbocycles. The summed E-state index contributed by atoms with van der Waals surface area (Å²) in [7, 11) is 0. The predicted octanol–water partition coefficient (Wildman–Crippen LogP) is 0.795. The van der Waals surface area contributed by atoms with Crippen molar-refractivity contribution in [2.45, 2.75) is 26.3 Å². The van der Waals surface area contributed by atoms with Gasteiger partial charge in [0.15, 0.2) is 0 Å². The van der Waals surface area contributed by atoms with Crippen molar-refractivity contribution in [3.8, 4) is 6.07 Å². The molecule has 1 aromatic heterocycles. The number of hydrogen-bond acceptors (Lipinski definition) is 2. The third-order valence-corrected chi connectivity index (χ3v) is 2.01. The van der Waals surface area contributed by atoms with Crippen LogP contribution < -0.4 is 4.57 Å². The van der Waals surface area contributed by atoms with Crippen LogP contribution >= 0.6 is 0 Å². The molecule has 4 nitrogen and oxygen atoms in total. The molecule has 0 fully saturated rings. The fourth-order valence-corrected chi connectivity index (χ4v) is 1.30. The van der Waals surface area contributed by atoms with Crippen molar-refractivity contribution >= 4 is 0 Å². The maximum atomic E-state index is 8.47. The van der Waals surface area contributed by atoms with Crippen LogP contribution in [0.1, 0.15) is 19.2 Å². The highest BCUT2D eigenvalue weighted by Gasteiger charge is 2.08. The van der Waals surface area contributed by atoms with Crippen molar-refractivity contribution < 1.29 is 9.30 Å². The van der Waals surface area contributed by atoms with Gasteiger partial charge >= 0.3 is 0 Å². The van der Waals surface area contributed by atoms with E-state index in [0.717, 1.165) is 32.0 Å². The number of nitriles is 1. The molecule has 0 unspecified atom stereocenters. The standard InChI is InChI=1S/C10H15N3O/c1-2-14-9-8-13-7-6-12-10(13)4-3-5-11/h6-7H,2-4,8-9H2,1H3/p+1. The number of ether oxygens (including phenoxy) is 1. The van der Waals surface area contributed by atoms with Crippen molar-refractivity contribution in [2.75, 3.05) is 13.2 Å². The third-order valence-electron chi connectivity index (χ3n) is 2.01. The molecule has 0 amide bonds. The van der Waals surface area contributed by atoms with Crippen LogP contribution in [-0.2, 0) is 17.7 Å². The van der Waals surface area contributed by atoms with Gasteiger partial charge in [0, 0.05) is 13.0 Å². The van der Waals surface area contributed by atoms with Crippen LogP contribution in [0.2, 0.25) is 0 Å². The number of aromatic nitrogens is 2. The first-order valence-electron chi connectivity index (χ1n) is 4.89. The van der Waals surface area contributed by atoms with E-state index in [1.165, 1.54) is 0 Å².